The lowest BCUT2D eigenvalue weighted by molar-refractivity contribution is 0.276. The Balaban J connectivity index is 2.82. The van der Waals surface area contributed by atoms with E-state index in [1.54, 1.807) is 7.11 Å². The van der Waals surface area contributed by atoms with E-state index in [2.05, 4.69) is 18.8 Å². The first-order chi connectivity index (χ1) is 5.25. The minimum absolute atomic E-state index is 0.558. The Bertz CT molecular complexity index is 192. The molecule has 0 unspecified atom stereocenters. The van der Waals surface area contributed by atoms with Crippen LogP contribution in [0, 0.1) is 5.92 Å². The van der Waals surface area contributed by atoms with Crippen LogP contribution in [0.3, 0.4) is 0 Å². The zero-order valence-electron chi connectivity index (χ0n) is 7.42. The molecule has 0 spiro atoms. The van der Waals surface area contributed by atoms with Gasteiger partial charge in [-0.3, -0.25) is 0 Å². The highest BCUT2D eigenvalue weighted by atomic mass is 16.5. The van der Waals surface area contributed by atoms with Crippen LogP contribution in [0.5, 0.6) is 0 Å². The summed E-state index contributed by atoms with van der Waals surface area (Å²) in [7, 11) is 1.68. The van der Waals surface area contributed by atoms with Gasteiger partial charge in [0.05, 0.1) is 7.11 Å². The average molecular weight is 153 g/mol. The van der Waals surface area contributed by atoms with Crippen molar-refractivity contribution in [3.05, 3.63) is 11.5 Å². The third-order valence-electron chi connectivity index (χ3n) is 1.92. The quantitative estimate of drug-likeness (QED) is 0.596. The van der Waals surface area contributed by atoms with Crippen LogP contribution in [0.4, 0.5) is 0 Å². The second-order valence-electron chi connectivity index (χ2n) is 3.04. The lowest BCUT2D eigenvalue weighted by Crippen LogP contribution is -2.04. The first-order valence-electron chi connectivity index (χ1n) is 4.05. The second kappa shape index (κ2) is 3.56. The van der Waals surface area contributed by atoms with Gasteiger partial charge in [-0.1, -0.05) is 13.8 Å². The molecule has 0 bridgehead atoms. The lowest BCUT2D eigenvalue weighted by Gasteiger charge is -2.16. The van der Waals surface area contributed by atoms with Gasteiger partial charge < -0.3 is 4.74 Å². The van der Waals surface area contributed by atoms with Crippen LogP contribution in [0.2, 0.25) is 0 Å². The molecular formula is C9H15NO. The number of methoxy groups -OCH3 is 1. The highest BCUT2D eigenvalue weighted by molar-refractivity contribution is 5.61. The smallest absolute Gasteiger partial charge is 0.211 e. The van der Waals surface area contributed by atoms with Crippen molar-refractivity contribution in [2.75, 3.05) is 7.11 Å². The van der Waals surface area contributed by atoms with Crippen LogP contribution < -0.4 is 0 Å². The first kappa shape index (κ1) is 8.31. The highest BCUT2D eigenvalue weighted by Gasteiger charge is 2.12. The van der Waals surface area contributed by atoms with E-state index in [0.29, 0.717) is 5.92 Å². The molecule has 1 aliphatic rings. The molecule has 0 saturated carbocycles. The number of allylic oxidation sites excluding steroid dienone is 1. The molecule has 62 valence electrons. The van der Waals surface area contributed by atoms with E-state index in [1.165, 1.54) is 5.57 Å². The van der Waals surface area contributed by atoms with Gasteiger partial charge in [0.25, 0.3) is 0 Å². The van der Waals surface area contributed by atoms with E-state index in [9.17, 15) is 0 Å². The Hall–Kier alpha value is -0.790. The predicted molar refractivity (Wildman–Crippen MR) is 46.6 cm³/mol. The first-order valence-corrected chi connectivity index (χ1v) is 4.05. The molecule has 0 saturated heterocycles. The van der Waals surface area contributed by atoms with E-state index in [1.807, 2.05) is 6.21 Å². The molecule has 0 amide bonds. The number of aliphatic imine (C=N–C) groups is 1. The van der Waals surface area contributed by atoms with Gasteiger partial charge in [-0.05, 0) is 24.3 Å². The summed E-state index contributed by atoms with van der Waals surface area (Å²) in [5, 5.41) is 0. The van der Waals surface area contributed by atoms with E-state index >= 15 is 0 Å². The predicted octanol–water partition coefficient (Wildman–Crippen LogP) is 2.37. The molecule has 0 N–H and O–H groups in total. The number of hydrogen-bond acceptors (Lipinski definition) is 2. The largest absolute Gasteiger partial charge is 0.481 e. The number of rotatable bonds is 2. The van der Waals surface area contributed by atoms with Gasteiger partial charge in [-0.15, -0.1) is 0 Å². The fraction of sp³-hybridized carbons (Fsp3) is 0.667. The van der Waals surface area contributed by atoms with Gasteiger partial charge in [-0.2, -0.15) is 0 Å². The van der Waals surface area contributed by atoms with Gasteiger partial charge in [0.1, 0.15) is 0 Å². The molecule has 1 heterocycles. The summed E-state index contributed by atoms with van der Waals surface area (Å²) in [6, 6.07) is 0. The minimum atomic E-state index is 0.558. The Labute approximate surface area is 68.0 Å². The van der Waals surface area contributed by atoms with Crippen LogP contribution in [0.25, 0.3) is 0 Å². The molecule has 0 atom stereocenters. The third kappa shape index (κ3) is 1.82. The summed E-state index contributed by atoms with van der Waals surface area (Å²) in [5.74, 6) is 1.38. The Kier molecular flexibility index (Phi) is 2.69. The SMILES string of the molecule is COC1=C(C(C)C)CCC=N1. The monoisotopic (exact) mass is 153 g/mol. The van der Waals surface area contributed by atoms with E-state index < -0.39 is 0 Å². The van der Waals surface area contributed by atoms with Crippen molar-refractivity contribution in [2.45, 2.75) is 26.7 Å². The minimum Gasteiger partial charge on any atom is -0.481 e. The molecule has 0 radical (unpaired) electrons. The van der Waals surface area contributed by atoms with Crippen LogP contribution in [-0.2, 0) is 4.74 Å². The standard InChI is InChI=1S/C9H15NO/c1-7(2)8-5-4-6-10-9(8)11-3/h6-7H,4-5H2,1-3H3. The van der Waals surface area contributed by atoms with Crippen molar-refractivity contribution >= 4 is 6.21 Å². The summed E-state index contributed by atoms with van der Waals surface area (Å²) in [4.78, 5) is 4.18. The van der Waals surface area contributed by atoms with Crippen molar-refractivity contribution in [1.82, 2.24) is 0 Å². The molecule has 2 nitrogen and oxygen atoms in total. The fourth-order valence-electron chi connectivity index (χ4n) is 1.28. The van der Waals surface area contributed by atoms with Crippen LogP contribution in [-0.4, -0.2) is 13.3 Å². The van der Waals surface area contributed by atoms with Gasteiger partial charge in [-0.25, -0.2) is 4.99 Å². The molecule has 0 aromatic rings. The summed E-state index contributed by atoms with van der Waals surface area (Å²) in [5.41, 5.74) is 1.34. The normalized spacial score (nSPS) is 17.8. The highest BCUT2D eigenvalue weighted by Crippen LogP contribution is 2.23. The number of hydrogen-bond donors (Lipinski definition) is 0. The summed E-state index contributed by atoms with van der Waals surface area (Å²) >= 11 is 0. The van der Waals surface area contributed by atoms with Crippen molar-refractivity contribution < 1.29 is 4.74 Å². The van der Waals surface area contributed by atoms with E-state index in [-0.39, 0.29) is 0 Å². The van der Waals surface area contributed by atoms with Gasteiger partial charge in [0, 0.05) is 6.21 Å². The van der Waals surface area contributed by atoms with Gasteiger partial charge in [0.15, 0.2) is 0 Å². The summed E-state index contributed by atoms with van der Waals surface area (Å²) < 4.78 is 5.15. The van der Waals surface area contributed by atoms with E-state index in [4.69, 9.17) is 4.74 Å². The van der Waals surface area contributed by atoms with Crippen molar-refractivity contribution in [1.29, 1.82) is 0 Å². The Morgan fingerprint density at radius 1 is 1.55 bits per heavy atom. The topological polar surface area (TPSA) is 21.6 Å². The molecule has 1 aliphatic heterocycles. The second-order valence-corrected chi connectivity index (χ2v) is 3.04. The molecule has 0 aliphatic carbocycles. The van der Waals surface area contributed by atoms with Crippen LogP contribution in [0.15, 0.2) is 16.4 Å². The van der Waals surface area contributed by atoms with Crippen LogP contribution >= 0.6 is 0 Å². The molecule has 0 aromatic heterocycles. The van der Waals surface area contributed by atoms with Crippen molar-refractivity contribution in [3.63, 3.8) is 0 Å². The molecule has 0 fully saturated rings. The zero-order chi connectivity index (χ0) is 8.27. The van der Waals surface area contributed by atoms with E-state index in [0.717, 1.165) is 18.7 Å². The van der Waals surface area contributed by atoms with Crippen molar-refractivity contribution in [2.24, 2.45) is 10.9 Å². The number of ether oxygens (including phenoxy) is 1. The molecule has 2 heteroatoms. The Morgan fingerprint density at radius 2 is 2.27 bits per heavy atom. The summed E-state index contributed by atoms with van der Waals surface area (Å²) in [6.07, 6.45) is 4.08. The Morgan fingerprint density at radius 3 is 2.73 bits per heavy atom. The maximum absolute atomic E-state index is 5.15. The maximum atomic E-state index is 5.15. The molecule has 1 rings (SSSR count). The third-order valence-corrected chi connectivity index (χ3v) is 1.92. The lowest BCUT2D eigenvalue weighted by atomic mass is 9.98. The molecular weight excluding hydrogens is 138 g/mol. The van der Waals surface area contributed by atoms with Gasteiger partial charge >= 0.3 is 0 Å². The molecule has 11 heavy (non-hydrogen) atoms. The summed E-state index contributed by atoms with van der Waals surface area (Å²) in [6.45, 7) is 4.35. The fourth-order valence-corrected chi connectivity index (χ4v) is 1.28. The molecule has 0 aromatic carbocycles. The maximum Gasteiger partial charge on any atom is 0.211 e. The average Bonchev–Trinajstić information content (AvgIpc) is 2.04. The van der Waals surface area contributed by atoms with Crippen molar-refractivity contribution in [3.8, 4) is 0 Å². The zero-order valence-corrected chi connectivity index (χ0v) is 7.42. The van der Waals surface area contributed by atoms with Crippen LogP contribution in [0.1, 0.15) is 26.7 Å². The van der Waals surface area contributed by atoms with Gasteiger partial charge in [0.2, 0.25) is 5.88 Å². The number of nitrogens with zero attached hydrogens (tertiary/aromatic N) is 1.